The number of carbonyl (C=O) groups excluding carboxylic acids is 1. The van der Waals surface area contributed by atoms with Crippen LogP contribution in [0, 0.1) is 5.92 Å². The van der Waals surface area contributed by atoms with Gasteiger partial charge in [0.2, 0.25) is 5.91 Å². The number of hydrogen-bond donors (Lipinski definition) is 1. The van der Waals surface area contributed by atoms with Gasteiger partial charge < -0.3 is 10.2 Å². The smallest absolute Gasteiger partial charge is 0.223 e. The summed E-state index contributed by atoms with van der Waals surface area (Å²) in [7, 11) is 0. The molecule has 1 heterocycles. The summed E-state index contributed by atoms with van der Waals surface area (Å²) < 4.78 is 0. The van der Waals surface area contributed by atoms with Crippen LogP contribution in [0.5, 0.6) is 0 Å². The van der Waals surface area contributed by atoms with Crippen molar-refractivity contribution in [3.8, 4) is 0 Å². The molecule has 0 bridgehead atoms. The molecule has 2 rings (SSSR count). The molecule has 1 aliphatic carbocycles. The highest BCUT2D eigenvalue weighted by Gasteiger charge is 2.26. The Bertz CT molecular complexity index is 408. The molecule has 3 nitrogen and oxygen atoms in total. The van der Waals surface area contributed by atoms with E-state index in [-0.39, 0.29) is 5.91 Å². The number of hydrogen-bond acceptors (Lipinski definition) is 3. The second-order valence-electron chi connectivity index (χ2n) is 5.81. The molecule has 1 amide bonds. The van der Waals surface area contributed by atoms with Gasteiger partial charge in [-0.05, 0) is 44.1 Å². The Hall–Kier alpha value is -0.870. The van der Waals surface area contributed by atoms with Gasteiger partial charge >= 0.3 is 0 Å². The van der Waals surface area contributed by atoms with Gasteiger partial charge in [-0.15, -0.1) is 11.3 Å². The Kier molecular flexibility index (Phi) is 6.71. The fraction of sp³-hybridized carbons (Fsp3) is 0.706. The van der Waals surface area contributed by atoms with Crippen LogP contribution in [-0.4, -0.2) is 30.4 Å². The lowest BCUT2D eigenvalue weighted by Crippen LogP contribution is -2.34. The van der Waals surface area contributed by atoms with Crippen molar-refractivity contribution in [2.24, 2.45) is 5.92 Å². The van der Waals surface area contributed by atoms with Gasteiger partial charge in [0.05, 0.1) is 0 Å². The first kappa shape index (κ1) is 16.5. The van der Waals surface area contributed by atoms with Crippen LogP contribution in [0.3, 0.4) is 0 Å². The van der Waals surface area contributed by atoms with Crippen LogP contribution in [0.2, 0.25) is 0 Å². The Morgan fingerprint density at radius 2 is 2.10 bits per heavy atom. The average Bonchev–Trinajstić information content (AvgIpc) is 3.18. The first-order chi connectivity index (χ1) is 10.3. The van der Waals surface area contributed by atoms with Crippen molar-refractivity contribution in [2.45, 2.75) is 52.0 Å². The summed E-state index contributed by atoms with van der Waals surface area (Å²) in [4.78, 5) is 15.4. The van der Waals surface area contributed by atoms with Crippen molar-refractivity contribution in [3.63, 3.8) is 0 Å². The zero-order valence-electron chi connectivity index (χ0n) is 13.3. The fourth-order valence-corrected chi connectivity index (χ4v) is 4.22. The first-order valence-corrected chi connectivity index (χ1v) is 9.18. The molecule has 118 valence electrons. The van der Waals surface area contributed by atoms with E-state index >= 15 is 0 Å². The maximum Gasteiger partial charge on any atom is 0.223 e. The highest BCUT2D eigenvalue weighted by atomic mass is 32.1. The van der Waals surface area contributed by atoms with E-state index in [1.165, 1.54) is 30.6 Å². The summed E-state index contributed by atoms with van der Waals surface area (Å²) in [6.45, 7) is 6.50. The lowest BCUT2D eigenvalue weighted by Gasteiger charge is -2.25. The normalized spacial score (nSPS) is 17.0. The molecule has 1 fully saturated rings. The van der Waals surface area contributed by atoms with E-state index in [2.05, 4.69) is 22.8 Å². The van der Waals surface area contributed by atoms with Crippen LogP contribution in [0.4, 0.5) is 0 Å². The highest BCUT2D eigenvalue weighted by Crippen LogP contribution is 2.37. The Balaban J connectivity index is 1.86. The Morgan fingerprint density at radius 3 is 2.67 bits per heavy atom. The third-order valence-corrected chi connectivity index (χ3v) is 5.50. The minimum absolute atomic E-state index is 0.267. The number of thiophene rings is 1. The van der Waals surface area contributed by atoms with Crippen LogP contribution in [0.15, 0.2) is 17.5 Å². The van der Waals surface area contributed by atoms with Crippen molar-refractivity contribution in [1.29, 1.82) is 0 Å². The first-order valence-electron chi connectivity index (χ1n) is 8.30. The van der Waals surface area contributed by atoms with Crippen LogP contribution in [0.1, 0.15) is 56.9 Å². The molecule has 1 aromatic rings. The molecule has 1 saturated carbocycles. The van der Waals surface area contributed by atoms with E-state index in [0.717, 1.165) is 25.6 Å². The summed E-state index contributed by atoms with van der Waals surface area (Å²) in [6.07, 6.45) is 5.95. The van der Waals surface area contributed by atoms with Crippen LogP contribution in [-0.2, 0) is 4.79 Å². The topological polar surface area (TPSA) is 32.3 Å². The molecule has 0 radical (unpaired) electrons. The molecular weight excluding hydrogens is 280 g/mol. The maximum absolute atomic E-state index is 12.1. The van der Waals surface area contributed by atoms with E-state index < -0.39 is 0 Å². The minimum Gasteiger partial charge on any atom is -0.343 e. The SMILES string of the molecule is CCN(CC)C(=O)CCNC(c1cccs1)C1CCCC1. The molecule has 0 aliphatic heterocycles. The Labute approximate surface area is 132 Å². The average molecular weight is 308 g/mol. The minimum atomic E-state index is 0.267. The number of nitrogens with zero attached hydrogens (tertiary/aromatic N) is 1. The molecule has 1 aliphatic rings. The van der Waals surface area contributed by atoms with E-state index in [0.29, 0.717) is 12.5 Å². The van der Waals surface area contributed by atoms with Gasteiger partial charge in [-0.3, -0.25) is 4.79 Å². The number of amides is 1. The standard InChI is InChI=1S/C17H28N2OS/c1-3-19(4-2)16(20)11-12-18-17(14-8-5-6-9-14)15-10-7-13-21-15/h7,10,13-14,17-18H,3-6,8-9,11-12H2,1-2H3. The van der Waals surface area contributed by atoms with Crippen molar-refractivity contribution < 1.29 is 4.79 Å². The largest absolute Gasteiger partial charge is 0.343 e. The molecular formula is C17H28N2OS. The second kappa shape index (κ2) is 8.54. The van der Waals surface area contributed by atoms with E-state index in [1.807, 2.05) is 30.1 Å². The molecule has 0 spiro atoms. The number of carbonyl (C=O) groups is 1. The molecule has 1 unspecified atom stereocenters. The summed E-state index contributed by atoms with van der Waals surface area (Å²) in [5, 5.41) is 5.81. The lowest BCUT2D eigenvalue weighted by molar-refractivity contribution is -0.130. The zero-order valence-corrected chi connectivity index (χ0v) is 14.1. The van der Waals surface area contributed by atoms with Gasteiger partial charge in [0.25, 0.3) is 0 Å². The third kappa shape index (κ3) is 4.55. The molecule has 1 N–H and O–H groups in total. The van der Waals surface area contributed by atoms with Gasteiger partial charge in [0.1, 0.15) is 0 Å². The molecule has 1 aromatic heterocycles. The number of nitrogens with one attached hydrogen (secondary N) is 1. The summed E-state index contributed by atoms with van der Waals surface area (Å²) in [5.41, 5.74) is 0. The van der Waals surface area contributed by atoms with E-state index in [1.54, 1.807) is 0 Å². The summed E-state index contributed by atoms with van der Waals surface area (Å²) in [5.74, 6) is 1.01. The highest BCUT2D eigenvalue weighted by molar-refractivity contribution is 7.10. The lowest BCUT2D eigenvalue weighted by atomic mass is 9.96. The van der Waals surface area contributed by atoms with Crippen LogP contribution >= 0.6 is 11.3 Å². The molecule has 0 aromatic carbocycles. The van der Waals surface area contributed by atoms with E-state index in [9.17, 15) is 4.79 Å². The van der Waals surface area contributed by atoms with Gasteiger partial charge in [0.15, 0.2) is 0 Å². The van der Waals surface area contributed by atoms with Gasteiger partial charge in [-0.1, -0.05) is 18.9 Å². The van der Waals surface area contributed by atoms with E-state index in [4.69, 9.17) is 0 Å². The van der Waals surface area contributed by atoms with Crippen molar-refractivity contribution in [2.75, 3.05) is 19.6 Å². The van der Waals surface area contributed by atoms with Gasteiger partial charge in [-0.2, -0.15) is 0 Å². The quantitative estimate of drug-likeness (QED) is 0.791. The molecule has 1 atom stereocenters. The predicted molar refractivity (Wildman–Crippen MR) is 89.6 cm³/mol. The van der Waals surface area contributed by atoms with Crippen molar-refractivity contribution >= 4 is 17.2 Å². The summed E-state index contributed by atoms with van der Waals surface area (Å²) >= 11 is 1.83. The zero-order chi connectivity index (χ0) is 15.1. The third-order valence-electron chi connectivity index (χ3n) is 4.54. The monoisotopic (exact) mass is 308 g/mol. The van der Waals surface area contributed by atoms with Crippen molar-refractivity contribution in [1.82, 2.24) is 10.2 Å². The number of rotatable bonds is 8. The maximum atomic E-state index is 12.1. The van der Waals surface area contributed by atoms with Crippen LogP contribution < -0.4 is 5.32 Å². The predicted octanol–water partition coefficient (Wildman–Crippen LogP) is 3.83. The Morgan fingerprint density at radius 1 is 1.38 bits per heavy atom. The molecule has 4 heteroatoms. The van der Waals surface area contributed by atoms with Crippen molar-refractivity contribution in [3.05, 3.63) is 22.4 Å². The van der Waals surface area contributed by atoms with Gasteiger partial charge in [-0.25, -0.2) is 0 Å². The molecule has 0 saturated heterocycles. The van der Waals surface area contributed by atoms with Crippen LogP contribution in [0.25, 0.3) is 0 Å². The fourth-order valence-electron chi connectivity index (χ4n) is 3.33. The van der Waals surface area contributed by atoms with Gasteiger partial charge in [0, 0.05) is 37.0 Å². The summed E-state index contributed by atoms with van der Waals surface area (Å²) in [6, 6.07) is 4.80. The second-order valence-corrected chi connectivity index (χ2v) is 6.79. The molecule has 21 heavy (non-hydrogen) atoms.